The minimum Gasteiger partial charge on any atom is -0.381 e. The van der Waals surface area contributed by atoms with E-state index in [4.69, 9.17) is 4.74 Å². The maximum atomic E-state index is 11.1. The molecule has 2 fully saturated rings. The van der Waals surface area contributed by atoms with Gasteiger partial charge in [-0.05, 0) is 38.3 Å². The molecule has 2 saturated heterocycles. The summed E-state index contributed by atoms with van der Waals surface area (Å²) < 4.78 is 30.3. The first-order valence-corrected chi connectivity index (χ1v) is 8.19. The molecule has 0 bridgehead atoms. The SMILES string of the molecule is CS(=O)(=O)NC1CCN(C[C@@H]2CCOC2)CC1. The average molecular weight is 262 g/mol. The fourth-order valence-electron chi connectivity index (χ4n) is 2.63. The highest BCUT2D eigenvalue weighted by atomic mass is 32.2. The second kappa shape index (κ2) is 5.65. The Morgan fingerprint density at radius 1 is 1.29 bits per heavy atom. The van der Waals surface area contributed by atoms with Crippen molar-refractivity contribution in [3.8, 4) is 0 Å². The van der Waals surface area contributed by atoms with Crippen LogP contribution >= 0.6 is 0 Å². The van der Waals surface area contributed by atoms with Crippen molar-refractivity contribution in [1.82, 2.24) is 9.62 Å². The number of hydrogen-bond acceptors (Lipinski definition) is 4. The van der Waals surface area contributed by atoms with Crippen LogP contribution in [0.1, 0.15) is 19.3 Å². The van der Waals surface area contributed by atoms with E-state index in [1.807, 2.05) is 0 Å². The number of sulfonamides is 1. The molecule has 0 aliphatic carbocycles. The van der Waals surface area contributed by atoms with E-state index in [-0.39, 0.29) is 6.04 Å². The summed E-state index contributed by atoms with van der Waals surface area (Å²) in [7, 11) is -3.05. The van der Waals surface area contributed by atoms with Gasteiger partial charge in [0.25, 0.3) is 0 Å². The van der Waals surface area contributed by atoms with Gasteiger partial charge in [0.1, 0.15) is 0 Å². The molecule has 2 aliphatic heterocycles. The summed E-state index contributed by atoms with van der Waals surface area (Å²) in [5, 5.41) is 0. The lowest BCUT2D eigenvalue weighted by Crippen LogP contribution is -2.45. The Labute approximate surface area is 104 Å². The van der Waals surface area contributed by atoms with Gasteiger partial charge < -0.3 is 9.64 Å². The van der Waals surface area contributed by atoms with E-state index in [0.717, 1.165) is 45.7 Å². The molecule has 100 valence electrons. The topological polar surface area (TPSA) is 58.6 Å². The summed E-state index contributed by atoms with van der Waals surface area (Å²) in [5.74, 6) is 0.675. The molecule has 1 N–H and O–H groups in total. The van der Waals surface area contributed by atoms with Gasteiger partial charge in [0.05, 0.1) is 12.9 Å². The smallest absolute Gasteiger partial charge is 0.208 e. The molecule has 17 heavy (non-hydrogen) atoms. The Morgan fingerprint density at radius 2 is 2.00 bits per heavy atom. The Kier molecular flexibility index (Phi) is 4.41. The first kappa shape index (κ1) is 13.3. The number of rotatable bonds is 4. The number of likely N-dealkylation sites (tertiary alicyclic amines) is 1. The first-order chi connectivity index (χ1) is 8.03. The standard InChI is InChI=1S/C11H22N2O3S/c1-17(14,15)12-11-2-5-13(6-3-11)8-10-4-7-16-9-10/h10-12H,2-9H2,1H3/t10-/m0/s1. The summed E-state index contributed by atoms with van der Waals surface area (Å²) in [6.07, 6.45) is 4.23. The van der Waals surface area contributed by atoms with E-state index in [0.29, 0.717) is 5.92 Å². The van der Waals surface area contributed by atoms with Gasteiger partial charge in [-0.15, -0.1) is 0 Å². The molecule has 0 unspecified atom stereocenters. The summed E-state index contributed by atoms with van der Waals surface area (Å²) >= 11 is 0. The summed E-state index contributed by atoms with van der Waals surface area (Å²) in [6.45, 7) is 4.87. The van der Waals surface area contributed by atoms with E-state index in [1.165, 1.54) is 12.7 Å². The lowest BCUT2D eigenvalue weighted by Gasteiger charge is -2.33. The Balaban J connectivity index is 1.70. The van der Waals surface area contributed by atoms with E-state index in [1.54, 1.807) is 0 Å². The maximum Gasteiger partial charge on any atom is 0.208 e. The second-order valence-corrected chi connectivity index (χ2v) is 6.97. The highest BCUT2D eigenvalue weighted by molar-refractivity contribution is 7.88. The fourth-order valence-corrected chi connectivity index (χ4v) is 3.47. The quantitative estimate of drug-likeness (QED) is 0.777. The monoisotopic (exact) mass is 262 g/mol. The van der Waals surface area contributed by atoms with Crippen molar-refractivity contribution in [2.45, 2.75) is 25.3 Å². The molecular weight excluding hydrogens is 240 g/mol. The van der Waals surface area contributed by atoms with Crippen LogP contribution < -0.4 is 4.72 Å². The molecule has 1 atom stereocenters. The van der Waals surface area contributed by atoms with Gasteiger partial charge in [-0.25, -0.2) is 13.1 Å². The normalized spacial score (nSPS) is 28.6. The largest absolute Gasteiger partial charge is 0.381 e. The highest BCUT2D eigenvalue weighted by Gasteiger charge is 2.24. The Bertz CT molecular complexity index is 331. The van der Waals surface area contributed by atoms with Crippen molar-refractivity contribution in [3.63, 3.8) is 0 Å². The van der Waals surface area contributed by atoms with Gasteiger partial charge in [-0.3, -0.25) is 0 Å². The minimum absolute atomic E-state index is 0.126. The van der Waals surface area contributed by atoms with Gasteiger partial charge in [0.15, 0.2) is 0 Å². The van der Waals surface area contributed by atoms with E-state index < -0.39 is 10.0 Å². The second-order valence-electron chi connectivity index (χ2n) is 5.19. The van der Waals surface area contributed by atoms with Crippen molar-refractivity contribution >= 4 is 10.0 Å². The Hall–Kier alpha value is -0.170. The summed E-state index contributed by atoms with van der Waals surface area (Å²) in [5.41, 5.74) is 0. The summed E-state index contributed by atoms with van der Waals surface area (Å²) in [6, 6.07) is 0.126. The molecule has 0 aromatic carbocycles. The molecule has 2 rings (SSSR count). The molecule has 5 nitrogen and oxygen atoms in total. The average Bonchev–Trinajstić information content (AvgIpc) is 2.71. The molecule has 6 heteroatoms. The van der Waals surface area contributed by atoms with Gasteiger partial charge >= 0.3 is 0 Å². The predicted molar refractivity (Wildman–Crippen MR) is 66.4 cm³/mol. The van der Waals surface area contributed by atoms with E-state index >= 15 is 0 Å². The fraction of sp³-hybridized carbons (Fsp3) is 1.00. The Morgan fingerprint density at radius 3 is 2.53 bits per heavy atom. The highest BCUT2D eigenvalue weighted by Crippen LogP contribution is 2.17. The third kappa shape index (κ3) is 4.54. The van der Waals surface area contributed by atoms with Crippen LogP contribution in [0.2, 0.25) is 0 Å². The first-order valence-electron chi connectivity index (χ1n) is 6.30. The molecule has 0 spiro atoms. The zero-order chi connectivity index (χ0) is 12.3. The van der Waals surface area contributed by atoms with Crippen molar-refractivity contribution in [3.05, 3.63) is 0 Å². The summed E-state index contributed by atoms with van der Waals surface area (Å²) in [4.78, 5) is 2.43. The third-order valence-electron chi connectivity index (χ3n) is 3.51. The van der Waals surface area contributed by atoms with Crippen LogP contribution in [0.5, 0.6) is 0 Å². The van der Waals surface area contributed by atoms with Crippen LogP contribution in [0.25, 0.3) is 0 Å². The van der Waals surface area contributed by atoms with Gasteiger partial charge in [-0.2, -0.15) is 0 Å². The minimum atomic E-state index is -3.05. The number of hydrogen-bond donors (Lipinski definition) is 1. The van der Waals surface area contributed by atoms with Crippen molar-refractivity contribution in [2.75, 3.05) is 39.1 Å². The van der Waals surface area contributed by atoms with E-state index in [2.05, 4.69) is 9.62 Å². The van der Waals surface area contributed by atoms with Crippen LogP contribution in [0.15, 0.2) is 0 Å². The molecule has 0 aromatic rings. The zero-order valence-electron chi connectivity index (χ0n) is 10.4. The van der Waals surface area contributed by atoms with Crippen molar-refractivity contribution in [1.29, 1.82) is 0 Å². The molecule has 0 saturated carbocycles. The molecular formula is C11H22N2O3S. The third-order valence-corrected chi connectivity index (χ3v) is 4.27. The van der Waals surface area contributed by atoms with Crippen molar-refractivity contribution < 1.29 is 13.2 Å². The molecule has 2 aliphatic rings. The van der Waals surface area contributed by atoms with Gasteiger partial charge in [-0.1, -0.05) is 0 Å². The van der Waals surface area contributed by atoms with Gasteiger partial charge in [0, 0.05) is 19.2 Å². The molecule has 0 aromatic heterocycles. The lowest BCUT2D eigenvalue weighted by molar-refractivity contribution is 0.151. The number of nitrogens with zero attached hydrogens (tertiary/aromatic N) is 1. The number of piperidine rings is 1. The van der Waals surface area contributed by atoms with Crippen molar-refractivity contribution in [2.24, 2.45) is 5.92 Å². The zero-order valence-corrected chi connectivity index (χ0v) is 11.2. The van der Waals surface area contributed by atoms with Gasteiger partial charge in [0.2, 0.25) is 10.0 Å². The van der Waals surface area contributed by atoms with Crippen LogP contribution in [0, 0.1) is 5.92 Å². The molecule has 0 radical (unpaired) electrons. The maximum absolute atomic E-state index is 11.1. The van der Waals surface area contributed by atoms with E-state index in [9.17, 15) is 8.42 Å². The van der Waals surface area contributed by atoms with Crippen LogP contribution in [-0.4, -0.2) is 58.5 Å². The van der Waals surface area contributed by atoms with Crippen LogP contribution in [-0.2, 0) is 14.8 Å². The number of ether oxygens (including phenoxy) is 1. The molecule has 0 amide bonds. The predicted octanol–water partition coefficient (Wildman–Crippen LogP) is 0.0365. The van der Waals surface area contributed by atoms with Crippen LogP contribution in [0.4, 0.5) is 0 Å². The lowest BCUT2D eigenvalue weighted by atomic mass is 10.0. The molecule has 2 heterocycles. The number of nitrogens with one attached hydrogen (secondary N) is 1. The van der Waals surface area contributed by atoms with Crippen LogP contribution in [0.3, 0.4) is 0 Å².